The summed E-state index contributed by atoms with van der Waals surface area (Å²) in [6.45, 7) is 8.04. The van der Waals surface area contributed by atoms with Gasteiger partial charge in [0.05, 0.1) is 5.56 Å². The zero-order valence-electron chi connectivity index (χ0n) is 13.4. The van der Waals surface area contributed by atoms with Crippen LogP contribution in [0.15, 0.2) is 18.3 Å². The predicted molar refractivity (Wildman–Crippen MR) is 86.5 cm³/mol. The van der Waals surface area contributed by atoms with E-state index in [2.05, 4.69) is 29.0 Å². The van der Waals surface area contributed by atoms with Crippen molar-refractivity contribution in [1.29, 1.82) is 0 Å². The highest BCUT2D eigenvalue weighted by molar-refractivity contribution is 5.94. The molecule has 1 aromatic rings. The molecule has 0 atom stereocenters. The minimum absolute atomic E-state index is 0.131. The van der Waals surface area contributed by atoms with Gasteiger partial charge in [0, 0.05) is 25.3 Å². The SMILES string of the molecule is CCNc1ccc(C(=O)N(CC(C)C)C2CCCC2)cn1. The van der Waals surface area contributed by atoms with Gasteiger partial charge in [-0.15, -0.1) is 0 Å². The molecule has 0 radical (unpaired) electrons. The van der Waals surface area contributed by atoms with Gasteiger partial charge in [-0.2, -0.15) is 0 Å². The Morgan fingerprint density at radius 2 is 2.10 bits per heavy atom. The van der Waals surface area contributed by atoms with Crippen molar-refractivity contribution in [3.8, 4) is 0 Å². The smallest absolute Gasteiger partial charge is 0.255 e. The number of pyridine rings is 1. The lowest BCUT2D eigenvalue weighted by Crippen LogP contribution is -2.41. The number of carbonyl (C=O) groups is 1. The molecule has 2 rings (SSSR count). The molecule has 1 fully saturated rings. The van der Waals surface area contributed by atoms with Crippen molar-refractivity contribution in [3.05, 3.63) is 23.9 Å². The largest absolute Gasteiger partial charge is 0.370 e. The Morgan fingerprint density at radius 1 is 1.38 bits per heavy atom. The summed E-state index contributed by atoms with van der Waals surface area (Å²) in [5, 5.41) is 3.15. The van der Waals surface area contributed by atoms with E-state index in [1.807, 2.05) is 19.1 Å². The highest BCUT2D eigenvalue weighted by Gasteiger charge is 2.27. The van der Waals surface area contributed by atoms with Crippen LogP contribution in [0.4, 0.5) is 5.82 Å². The molecule has 1 N–H and O–H groups in total. The van der Waals surface area contributed by atoms with E-state index >= 15 is 0 Å². The van der Waals surface area contributed by atoms with Crippen molar-refractivity contribution >= 4 is 11.7 Å². The Kier molecular flexibility index (Phi) is 5.59. The van der Waals surface area contributed by atoms with Crippen molar-refractivity contribution in [1.82, 2.24) is 9.88 Å². The van der Waals surface area contributed by atoms with Gasteiger partial charge in [0.25, 0.3) is 5.91 Å². The number of anilines is 1. The van der Waals surface area contributed by atoms with Crippen LogP contribution >= 0.6 is 0 Å². The zero-order valence-corrected chi connectivity index (χ0v) is 13.4. The van der Waals surface area contributed by atoms with E-state index < -0.39 is 0 Å². The lowest BCUT2D eigenvalue weighted by atomic mass is 10.1. The van der Waals surface area contributed by atoms with Gasteiger partial charge in [-0.1, -0.05) is 26.7 Å². The molecule has 1 aliphatic rings. The van der Waals surface area contributed by atoms with Crippen LogP contribution < -0.4 is 5.32 Å². The van der Waals surface area contributed by atoms with E-state index in [1.165, 1.54) is 12.8 Å². The molecule has 1 heterocycles. The van der Waals surface area contributed by atoms with Gasteiger partial charge in [-0.3, -0.25) is 4.79 Å². The number of rotatable bonds is 6. The number of nitrogens with one attached hydrogen (secondary N) is 1. The number of hydrogen-bond donors (Lipinski definition) is 1. The third kappa shape index (κ3) is 4.19. The Labute approximate surface area is 127 Å². The fourth-order valence-corrected chi connectivity index (χ4v) is 2.98. The van der Waals surface area contributed by atoms with Crippen LogP contribution in [-0.2, 0) is 0 Å². The second-order valence-electron chi connectivity index (χ2n) is 6.25. The van der Waals surface area contributed by atoms with Crippen LogP contribution in [-0.4, -0.2) is 34.9 Å². The van der Waals surface area contributed by atoms with E-state index in [4.69, 9.17) is 0 Å². The van der Waals surface area contributed by atoms with Crippen molar-refractivity contribution < 1.29 is 4.79 Å². The first-order valence-electron chi connectivity index (χ1n) is 8.12. The molecule has 0 unspecified atom stereocenters. The molecule has 1 aliphatic carbocycles. The normalized spacial score (nSPS) is 15.4. The molecule has 1 aromatic heterocycles. The topological polar surface area (TPSA) is 45.2 Å². The first-order valence-corrected chi connectivity index (χ1v) is 8.12. The van der Waals surface area contributed by atoms with Gasteiger partial charge >= 0.3 is 0 Å². The third-order valence-corrected chi connectivity index (χ3v) is 3.96. The Bertz CT molecular complexity index is 450. The first-order chi connectivity index (χ1) is 10.1. The molecule has 0 aliphatic heterocycles. The fourth-order valence-electron chi connectivity index (χ4n) is 2.98. The molecule has 116 valence electrons. The third-order valence-electron chi connectivity index (χ3n) is 3.96. The first kappa shape index (κ1) is 15.8. The summed E-state index contributed by atoms with van der Waals surface area (Å²) in [7, 11) is 0. The molecule has 4 heteroatoms. The lowest BCUT2D eigenvalue weighted by Gasteiger charge is -2.30. The summed E-state index contributed by atoms with van der Waals surface area (Å²) in [6, 6.07) is 4.18. The quantitative estimate of drug-likeness (QED) is 0.871. The maximum atomic E-state index is 12.8. The average molecular weight is 289 g/mol. The van der Waals surface area contributed by atoms with Crippen LogP contribution in [0.5, 0.6) is 0 Å². The Balaban J connectivity index is 2.12. The van der Waals surface area contributed by atoms with E-state index in [1.54, 1.807) is 6.20 Å². The number of carbonyl (C=O) groups excluding carboxylic acids is 1. The molecular formula is C17H27N3O. The van der Waals surface area contributed by atoms with Crippen LogP contribution in [0.3, 0.4) is 0 Å². The molecule has 1 amide bonds. The highest BCUT2D eigenvalue weighted by atomic mass is 16.2. The van der Waals surface area contributed by atoms with Crippen molar-refractivity contribution in [2.75, 3.05) is 18.4 Å². The summed E-state index contributed by atoms with van der Waals surface area (Å²) >= 11 is 0. The summed E-state index contributed by atoms with van der Waals surface area (Å²) in [5.41, 5.74) is 0.698. The maximum Gasteiger partial charge on any atom is 0.255 e. The fraction of sp³-hybridized carbons (Fsp3) is 0.647. The van der Waals surface area contributed by atoms with Crippen LogP contribution in [0.2, 0.25) is 0 Å². The number of nitrogens with zero attached hydrogens (tertiary/aromatic N) is 2. The molecular weight excluding hydrogens is 262 g/mol. The number of amides is 1. The van der Waals surface area contributed by atoms with E-state index in [9.17, 15) is 4.79 Å². The molecule has 0 aromatic carbocycles. The zero-order chi connectivity index (χ0) is 15.2. The van der Waals surface area contributed by atoms with E-state index in [0.717, 1.165) is 31.7 Å². The molecule has 4 nitrogen and oxygen atoms in total. The number of hydrogen-bond acceptors (Lipinski definition) is 3. The summed E-state index contributed by atoms with van der Waals surface area (Å²) in [5.74, 6) is 1.44. The minimum Gasteiger partial charge on any atom is -0.370 e. The molecule has 0 spiro atoms. The van der Waals surface area contributed by atoms with Crippen LogP contribution in [0.25, 0.3) is 0 Å². The van der Waals surface area contributed by atoms with Gasteiger partial charge in [0.2, 0.25) is 0 Å². The van der Waals surface area contributed by atoms with Gasteiger partial charge in [0.1, 0.15) is 5.82 Å². The average Bonchev–Trinajstić information content (AvgIpc) is 2.99. The van der Waals surface area contributed by atoms with Gasteiger partial charge < -0.3 is 10.2 Å². The maximum absolute atomic E-state index is 12.8. The van der Waals surface area contributed by atoms with Crippen LogP contribution in [0.1, 0.15) is 56.8 Å². The standard InChI is InChI=1S/C17H27N3O/c1-4-18-16-10-9-14(11-19-16)17(21)20(12-13(2)3)15-7-5-6-8-15/h9-11,13,15H,4-8,12H2,1-3H3,(H,18,19). The Hall–Kier alpha value is -1.58. The lowest BCUT2D eigenvalue weighted by molar-refractivity contribution is 0.0655. The number of aromatic nitrogens is 1. The van der Waals surface area contributed by atoms with Gasteiger partial charge in [-0.25, -0.2) is 4.98 Å². The molecule has 21 heavy (non-hydrogen) atoms. The predicted octanol–water partition coefficient (Wildman–Crippen LogP) is 3.55. The van der Waals surface area contributed by atoms with Crippen molar-refractivity contribution in [2.45, 2.75) is 52.5 Å². The molecule has 0 bridgehead atoms. The highest BCUT2D eigenvalue weighted by Crippen LogP contribution is 2.25. The Morgan fingerprint density at radius 3 is 2.62 bits per heavy atom. The second-order valence-corrected chi connectivity index (χ2v) is 6.25. The minimum atomic E-state index is 0.131. The van der Waals surface area contributed by atoms with Gasteiger partial charge in [-0.05, 0) is 37.8 Å². The summed E-state index contributed by atoms with van der Waals surface area (Å²) in [6.07, 6.45) is 6.46. The summed E-state index contributed by atoms with van der Waals surface area (Å²) in [4.78, 5) is 19.2. The second kappa shape index (κ2) is 7.43. The van der Waals surface area contributed by atoms with Crippen molar-refractivity contribution in [3.63, 3.8) is 0 Å². The van der Waals surface area contributed by atoms with Crippen molar-refractivity contribution in [2.24, 2.45) is 5.92 Å². The van der Waals surface area contributed by atoms with E-state index in [-0.39, 0.29) is 5.91 Å². The van der Waals surface area contributed by atoms with E-state index in [0.29, 0.717) is 17.5 Å². The molecule has 1 saturated carbocycles. The van der Waals surface area contributed by atoms with Crippen LogP contribution in [0, 0.1) is 5.92 Å². The summed E-state index contributed by atoms with van der Waals surface area (Å²) < 4.78 is 0. The monoisotopic (exact) mass is 289 g/mol. The molecule has 0 saturated heterocycles. The van der Waals surface area contributed by atoms with Gasteiger partial charge in [0.15, 0.2) is 0 Å².